The van der Waals surface area contributed by atoms with E-state index in [9.17, 15) is 0 Å². The maximum Gasteiger partial charge on any atom is 0.0730 e. The van der Waals surface area contributed by atoms with Crippen molar-refractivity contribution in [1.82, 2.24) is 9.88 Å². The standard InChI is InChI=1S/C23H33N5/c24-13-5-7-16-28(17-8-6-14-25)18-15-26-23-19-9-1-3-11-21(19)27-22-12-4-2-10-20(22)23/h1-4,9-12H,5-8,13-18,24-25H2,(H,26,27). The molecule has 0 fully saturated rings. The molecule has 5 heteroatoms. The fourth-order valence-corrected chi connectivity index (χ4v) is 3.66. The van der Waals surface area contributed by atoms with Gasteiger partial charge in [0, 0.05) is 23.9 Å². The molecule has 0 unspecified atom stereocenters. The summed E-state index contributed by atoms with van der Waals surface area (Å²) in [6.07, 6.45) is 4.47. The highest BCUT2D eigenvalue weighted by Crippen LogP contribution is 2.30. The summed E-state index contributed by atoms with van der Waals surface area (Å²) in [5, 5.41) is 6.07. The SMILES string of the molecule is NCCCCN(CCCCN)CCNc1c2ccccc2nc2ccccc12. The Hall–Kier alpha value is -2.21. The Morgan fingerprint density at radius 3 is 1.79 bits per heavy atom. The third-order valence-electron chi connectivity index (χ3n) is 5.17. The first kappa shape index (κ1) is 20.5. The second kappa shape index (κ2) is 11.0. The van der Waals surface area contributed by atoms with E-state index < -0.39 is 0 Å². The van der Waals surface area contributed by atoms with Crippen LogP contribution >= 0.6 is 0 Å². The molecule has 1 heterocycles. The molecule has 150 valence electrons. The molecule has 3 aromatic rings. The van der Waals surface area contributed by atoms with Crippen LogP contribution in [0, 0.1) is 0 Å². The first-order chi connectivity index (χ1) is 13.8. The zero-order valence-corrected chi connectivity index (χ0v) is 16.7. The number of para-hydroxylation sites is 2. The summed E-state index contributed by atoms with van der Waals surface area (Å²) in [6, 6.07) is 16.7. The maximum absolute atomic E-state index is 5.66. The van der Waals surface area contributed by atoms with E-state index in [-0.39, 0.29) is 0 Å². The summed E-state index contributed by atoms with van der Waals surface area (Å²) in [4.78, 5) is 7.34. The first-order valence-electron chi connectivity index (χ1n) is 10.5. The molecule has 0 radical (unpaired) electrons. The van der Waals surface area contributed by atoms with Gasteiger partial charge in [-0.05, 0) is 64.0 Å². The van der Waals surface area contributed by atoms with Crippen LogP contribution in [-0.2, 0) is 0 Å². The number of hydrogen-bond donors (Lipinski definition) is 3. The van der Waals surface area contributed by atoms with E-state index >= 15 is 0 Å². The van der Waals surface area contributed by atoms with Gasteiger partial charge in [0.05, 0.1) is 16.7 Å². The van der Waals surface area contributed by atoms with E-state index in [1.54, 1.807) is 0 Å². The van der Waals surface area contributed by atoms with Crippen molar-refractivity contribution in [2.24, 2.45) is 11.5 Å². The highest BCUT2D eigenvalue weighted by atomic mass is 15.1. The van der Waals surface area contributed by atoms with E-state index in [1.807, 2.05) is 12.1 Å². The second-order valence-electron chi connectivity index (χ2n) is 7.28. The van der Waals surface area contributed by atoms with Crippen molar-refractivity contribution in [1.29, 1.82) is 0 Å². The molecule has 5 N–H and O–H groups in total. The quantitative estimate of drug-likeness (QED) is 0.331. The average Bonchev–Trinajstić information content (AvgIpc) is 2.73. The monoisotopic (exact) mass is 379 g/mol. The Kier molecular flexibility index (Phi) is 8.03. The first-order valence-corrected chi connectivity index (χ1v) is 10.5. The number of fused-ring (bicyclic) bond motifs is 2. The molecular weight excluding hydrogens is 346 g/mol. The van der Waals surface area contributed by atoms with Crippen LogP contribution in [0.25, 0.3) is 21.8 Å². The summed E-state index contributed by atoms with van der Waals surface area (Å²) < 4.78 is 0. The van der Waals surface area contributed by atoms with Crippen LogP contribution in [0.3, 0.4) is 0 Å². The van der Waals surface area contributed by atoms with Crippen molar-refractivity contribution in [2.45, 2.75) is 25.7 Å². The minimum Gasteiger partial charge on any atom is -0.383 e. The summed E-state index contributed by atoms with van der Waals surface area (Å²) >= 11 is 0. The number of rotatable bonds is 12. The minimum absolute atomic E-state index is 0.768. The van der Waals surface area contributed by atoms with E-state index in [0.717, 1.165) is 76.0 Å². The van der Waals surface area contributed by atoms with Gasteiger partial charge in [-0.1, -0.05) is 36.4 Å². The van der Waals surface area contributed by atoms with Crippen molar-refractivity contribution >= 4 is 27.5 Å². The lowest BCUT2D eigenvalue weighted by Crippen LogP contribution is -2.31. The summed E-state index contributed by atoms with van der Waals surface area (Å²) in [6.45, 7) is 5.65. The molecule has 0 saturated carbocycles. The second-order valence-corrected chi connectivity index (χ2v) is 7.28. The van der Waals surface area contributed by atoms with Gasteiger partial charge in [-0.2, -0.15) is 0 Å². The zero-order valence-electron chi connectivity index (χ0n) is 16.7. The molecular formula is C23H33N5. The zero-order chi connectivity index (χ0) is 19.6. The van der Waals surface area contributed by atoms with Crippen LogP contribution in [0.5, 0.6) is 0 Å². The van der Waals surface area contributed by atoms with Gasteiger partial charge in [0.2, 0.25) is 0 Å². The van der Waals surface area contributed by atoms with Crippen molar-refractivity contribution in [3.8, 4) is 0 Å². The molecule has 0 amide bonds. The van der Waals surface area contributed by atoms with Crippen molar-refractivity contribution in [3.63, 3.8) is 0 Å². The predicted molar refractivity (Wildman–Crippen MR) is 121 cm³/mol. The van der Waals surface area contributed by atoms with E-state index in [0.29, 0.717) is 0 Å². The molecule has 2 aromatic carbocycles. The lowest BCUT2D eigenvalue weighted by molar-refractivity contribution is 0.273. The molecule has 0 aliphatic carbocycles. The minimum atomic E-state index is 0.768. The van der Waals surface area contributed by atoms with Gasteiger partial charge in [-0.25, -0.2) is 4.98 Å². The third kappa shape index (κ3) is 5.41. The van der Waals surface area contributed by atoms with Gasteiger partial charge in [0.25, 0.3) is 0 Å². The lowest BCUT2D eigenvalue weighted by atomic mass is 10.1. The fourth-order valence-electron chi connectivity index (χ4n) is 3.66. The normalized spacial score (nSPS) is 11.5. The van der Waals surface area contributed by atoms with Crippen LogP contribution in [0.1, 0.15) is 25.7 Å². The van der Waals surface area contributed by atoms with E-state index in [2.05, 4.69) is 46.6 Å². The van der Waals surface area contributed by atoms with Gasteiger partial charge in [-0.15, -0.1) is 0 Å². The number of benzene rings is 2. The number of nitrogens with zero attached hydrogens (tertiary/aromatic N) is 2. The molecule has 0 aliphatic heterocycles. The predicted octanol–water partition coefficient (Wildman–Crippen LogP) is 3.58. The Morgan fingerprint density at radius 1 is 0.714 bits per heavy atom. The van der Waals surface area contributed by atoms with Gasteiger partial charge >= 0.3 is 0 Å². The van der Waals surface area contributed by atoms with Gasteiger partial charge in [-0.3, -0.25) is 0 Å². The molecule has 5 nitrogen and oxygen atoms in total. The molecule has 0 spiro atoms. The highest BCUT2D eigenvalue weighted by Gasteiger charge is 2.09. The highest BCUT2D eigenvalue weighted by molar-refractivity contribution is 6.07. The van der Waals surface area contributed by atoms with Crippen molar-refractivity contribution < 1.29 is 0 Å². The number of hydrogen-bond acceptors (Lipinski definition) is 5. The molecule has 0 bridgehead atoms. The van der Waals surface area contributed by atoms with Crippen LogP contribution < -0.4 is 16.8 Å². The molecule has 0 aliphatic rings. The Morgan fingerprint density at radius 2 is 1.25 bits per heavy atom. The van der Waals surface area contributed by atoms with Gasteiger partial charge in [0.15, 0.2) is 0 Å². The summed E-state index contributed by atoms with van der Waals surface area (Å²) in [5.74, 6) is 0. The smallest absolute Gasteiger partial charge is 0.0730 e. The molecule has 0 atom stereocenters. The number of nitrogens with one attached hydrogen (secondary N) is 1. The summed E-state index contributed by atoms with van der Waals surface area (Å²) in [7, 11) is 0. The van der Waals surface area contributed by atoms with Crippen molar-refractivity contribution in [2.75, 3.05) is 44.6 Å². The number of unbranched alkanes of at least 4 members (excludes halogenated alkanes) is 2. The number of anilines is 1. The van der Waals surface area contributed by atoms with Gasteiger partial charge in [0.1, 0.15) is 0 Å². The molecule has 3 rings (SSSR count). The van der Waals surface area contributed by atoms with Crippen LogP contribution in [-0.4, -0.2) is 49.2 Å². The third-order valence-corrected chi connectivity index (χ3v) is 5.17. The van der Waals surface area contributed by atoms with Crippen LogP contribution in [0.2, 0.25) is 0 Å². The topological polar surface area (TPSA) is 80.2 Å². The number of aromatic nitrogens is 1. The molecule has 1 aromatic heterocycles. The Bertz CT molecular complexity index is 800. The van der Waals surface area contributed by atoms with E-state index in [4.69, 9.17) is 16.5 Å². The largest absolute Gasteiger partial charge is 0.383 e. The average molecular weight is 380 g/mol. The Labute approximate surface area is 168 Å². The summed E-state index contributed by atoms with van der Waals surface area (Å²) in [5.41, 5.74) is 14.6. The lowest BCUT2D eigenvalue weighted by Gasteiger charge is -2.23. The van der Waals surface area contributed by atoms with Crippen LogP contribution in [0.4, 0.5) is 5.69 Å². The molecule has 0 saturated heterocycles. The number of nitrogens with two attached hydrogens (primary N) is 2. The Balaban J connectivity index is 1.71. The fraction of sp³-hybridized carbons (Fsp3) is 0.435. The molecule has 28 heavy (non-hydrogen) atoms. The van der Waals surface area contributed by atoms with Crippen molar-refractivity contribution in [3.05, 3.63) is 48.5 Å². The van der Waals surface area contributed by atoms with Crippen LogP contribution in [0.15, 0.2) is 48.5 Å². The van der Waals surface area contributed by atoms with Gasteiger partial charge < -0.3 is 21.7 Å². The van der Waals surface area contributed by atoms with E-state index in [1.165, 1.54) is 16.5 Å². The number of pyridine rings is 1. The maximum atomic E-state index is 5.66.